The van der Waals surface area contributed by atoms with E-state index >= 15 is 0 Å². The van der Waals surface area contributed by atoms with E-state index in [4.69, 9.17) is 23.2 Å². The molecular weight excluding hydrogens is 806 g/mol. The van der Waals surface area contributed by atoms with Gasteiger partial charge in [0.15, 0.2) is 8.32 Å². The molecule has 15 heteroatoms. The number of aliphatic hydroxyl groups is 1. The maximum absolute atomic E-state index is 11.9. The van der Waals surface area contributed by atoms with Crippen molar-refractivity contribution in [2.75, 3.05) is 0 Å². The third-order valence-electron chi connectivity index (χ3n) is 12.3. The van der Waals surface area contributed by atoms with Gasteiger partial charge in [0.25, 0.3) is 0 Å². The highest BCUT2D eigenvalue weighted by atomic mass is 31.1. The quantitative estimate of drug-likeness (QED) is 0.0780. The Hall–Kier alpha value is -1.23. The predicted octanol–water partition coefficient (Wildman–Crippen LogP) is 8.25. The molecule has 2 saturated carbocycles. The van der Waals surface area contributed by atoms with E-state index in [1.807, 2.05) is 30.4 Å². The Morgan fingerprint density at radius 2 is 1.19 bits per heavy atom. The van der Waals surface area contributed by atoms with Crippen molar-refractivity contribution in [2.45, 2.75) is 127 Å². The van der Waals surface area contributed by atoms with Crippen LogP contribution in [0.1, 0.15) is 70.4 Å². The van der Waals surface area contributed by atoms with Crippen LogP contribution in [0.2, 0.25) is 18.1 Å². The molecule has 2 aliphatic carbocycles. The van der Waals surface area contributed by atoms with Crippen LogP contribution in [0.15, 0.2) is 85.0 Å². The fourth-order valence-electron chi connectivity index (χ4n) is 8.29. The molecule has 57 heavy (non-hydrogen) atoms. The van der Waals surface area contributed by atoms with Crippen LogP contribution < -0.4 is 0 Å². The van der Waals surface area contributed by atoms with Gasteiger partial charge < -0.3 is 28.3 Å². The molecule has 0 spiro atoms. The van der Waals surface area contributed by atoms with E-state index in [1.54, 1.807) is 0 Å². The second-order valence-electron chi connectivity index (χ2n) is 17.5. The van der Waals surface area contributed by atoms with Gasteiger partial charge in [-0.3, -0.25) is 9.59 Å². The minimum absolute atomic E-state index is 0.0113. The molecular formula is C42H64B2O8P4Si. The maximum atomic E-state index is 11.9. The second kappa shape index (κ2) is 21.5. The number of hydrogen-bond acceptors (Lipinski definition) is 8. The Labute approximate surface area is 352 Å². The molecule has 2 saturated heterocycles. The molecule has 2 aromatic rings. The van der Waals surface area contributed by atoms with Gasteiger partial charge in [0, 0.05) is 36.5 Å². The van der Waals surface area contributed by atoms with Gasteiger partial charge in [-0.25, -0.2) is 0 Å². The molecule has 4 aliphatic rings. The van der Waals surface area contributed by atoms with Crippen LogP contribution in [0.5, 0.6) is 0 Å². The summed E-state index contributed by atoms with van der Waals surface area (Å²) in [5.74, 6) is 0.417. The number of rotatable bonds is 16. The van der Waals surface area contributed by atoms with Gasteiger partial charge in [0.05, 0.1) is 37.3 Å². The molecule has 0 amide bonds. The lowest BCUT2D eigenvalue weighted by atomic mass is 9.91. The van der Waals surface area contributed by atoms with Crippen molar-refractivity contribution in [1.82, 2.24) is 0 Å². The molecule has 8 nitrogen and oxygen atoms in total. The highest BCUT2D eigenvalue weighted by Gasteiger charge is 2.51. The van der Waals surface area contributed by atoms with E-state index in [-0.39, 0.29) is 83.9 Å². The number of esters is 2. The summed E-state index contributed by atoms with van der Waals surface area (Å²) in [6.45, 7) is 11.5. The standard InChI is InChI=1S/C24H39BO4P2Si.C18H25BO4P2/c1-24(2,3)32(4,5)29-18(12-11-17-9-7-6-8-10-17)13-14-19-20-15-23(26)27-21(20)16-22(19)28-25(30)31;20-13(7-6-12-4-2-1-3-5-12)8-9-14-15-10-18(21)22-16(15)11-17(14)23-19(24)25/h6-10,13-14,18-22H,11-12,15-16,30-31H2,1-5H3;1-5,8-9,13-17,20H,6-7,10-11,24-25H2/b14-13+;9-8+/t18-,19+,20+,21-,22+;13-,14+,15+,16-,17+/m00/s1. The Morgan fingerprint density at radius 1 is 0.754 bits per heavy atom. The summed E-state index contributed by atoms with van der Waals surface area (Å²) < 4.78 is 29.9. The van der Waals surface area contributed by atoms with E-state index < -0.39 is 14.4 Å². The van der Waals surface area contributed by atoms with Crippen molar-refractivity contribution in [3.8, 4) is 0 Å². The topological polar surface area (TPSA) is 101 Å². The van der Waals surface area contributed by atoms with Crippen LogP contribution in [0.25, 0.3) is 0 Å². The molecule has 2 aromatic carbocycles. The fourth-order valence-corrected chi connectivity index (χ4v) is 10.4. The van der Waals surface area contributed by atoms with E-state index in [2.05, 4.69) is 125 Å². The lowest BCUT2D eigenvalue weighted by Crippen LogP contribution is -2.43. The van der Waals surface area contributed by atoms with Crippen LogP contribution in [0, 0.1) is 23.7 Å². The molecule has 14 atom stereocenters. The zero-order chi connectivity index (χ0) is 41.3. The zero-order valence-electron chi connectivity index (χ0n) is 34.3. The first-order chi connectivity index (χ1) is 27.0. The van der Waals surface area contributed by atoms with Gasteiger partial charge in [-0.1, -0.05) is 106 Å². The number of aryl methyl sites for hydroxylation is 2. The monoisotopic (exact) mass is 870 g/mol. The first-order valence-electron chi connectivity index (χ1n) is 20.5. The summed E-state index contributed by atoms with van der Waals surface area (Å²) in [6, 6.07) is 20.8. The van der Waals surface area contributed by atoms with Crippen molar-refractivity contribution in [3.63, 3.8) is 0 Å². The summed E-state index contributed by atoms with van der Waals surface area (Å²) in [5, 5.41) is 10.4. The summed E-state index contributed by atoms with van der Waals surface area (Å²) in [5.41, 5.74) is 2.55. The molecule has 4 fully saturated rings. The minimum atomic E-state index is -1.93. The summed E-state index contributed by atoms with van der Waals surface area (Å²) in [6.07, 6.45) is 13.7. The maximum Gasteiger partial charge on any atom is 0.336 e. The SMILES string of the molecule is CC(C)(C)[Si](C)(C)O[C@H](/C=C/[C@@H]1[C@H]2CC(=O)O[C@H]2C[C@H]1OB(P)P)CCc1ccccc1.O=C1C[C@@H]2[C@@H](/C=C/[C@@H](O)CCc3ccccc3)[C@H](OB(P)P)C[C@@H]2O1. The number of ether oxygens (including phenoxy) is 2. The van der Waals surface area contributed by atoms with Gasteiger partial charge in [-0.2, -0.15) is 0 Å². The van der Waals surface area contributed by atoms with Crippen LogP contribution >= 0.6 is 36.5 Å². The summed E-state index contributed by atoms with van der Waals surface area (Å²) in [4.78, 5) is 23.5. The van der Waals surface area contributed by atoms with Crippen molar-refractivity contribution in [2.24, 2.45) is 23.7 Å². The summed E-state index contributed by atoms with van der Waals surface area (Å²) in [7, 11) is 8.65. The number of hydrogen-bond donors (Lipinski definition) is 1. The van der Waals surface area contributed by atoms with Gasteiger partial charge >= 0.3 is 24.6 Å². The molecule has 4 unspecified atom stereocenters. The average molecular weight is 871 g/mol. The third-order valence-corrected chi connectivity index (χ3v) is 17.4. The van der Waals surface area contributed by atoms with Crippen molar-refractivity contribution in [1.29, 1.82) is 0 Å². The van der Waals surface area contributed by atoms with Gasteiger partial charge in [0.1, 0.15) is 12.2 Å². The Balaban J connectivity index is 0.000000224. The normalized spacial score (nSPS) is 28.1. The smallest absolute Gasteiger partial charge is 0.336 e. The first kappa shape index (κ1) is 46.8. The lowest BCUT2D eigenvalue weighted by Gasteiger charge is -2.39. The third kappa shape index (κ3) is 13.9. The molecule has 2 aliphatic heterocycles. The molecule has 0 bridgehead atoms. The van der Waals surface area contributed by atoms with E-state index in [0.29, 0.717) is 19.3 Å². The van der Waals surface area contributed by atoms with Gasteiger partial charge in [-0.15, -0.1) is 36.5 Å². The van der Waals surface area contributed by atoms with E-state index in [9.17, 15) is 14.7 Å². The number of benzene rings is 2. The van der Waals surface area contributed by atoms with Crippen molar-refractivity contribution >= 4 is 69.4 Å². The highest BCUT2D eigenvalue weighted by molar-refractivity contribution is 7.92. The second-order valence-corrected chi connectivity index (χ2v) is 26.4. The Morgan fingerprint density at radius 3 is 1.63 bits per heavy atom. The predicted molar refractivity (Wildman–Crippen MR) is 248 cm³/mol. The zero-order valence-corrected chi connectivity index (χ0v) is 39.9. The Kier molecular flexibility index (Phi) is 17.7. The summed E-state index contributed by atoms with van der Waals surface area (Å²) >= 11 is 0. The molecule has 310 valence electrons. The van der Waals surface area contributed by atoms with E-state index in [0.717, 1.165) is 32.1 Å². The van der Waals surface area contributed by atoms with Gasteiger partial charge in [0.2, 0.25) is 0 Å². The molecule has 0 aromatic heterocycles. The molecule has 2 heterocycles. The number of aliphatic hydroxyl groups excluding tert-OH is 1. The first-order valence-corrected chi connectivity index (χ1v) is 26.1. The molecule has 1 N–H and O–H groups in total. The van der Waals surface area contributed by atoms with Crippen LogP contribution in [-0.2, 0) is 45.6 Å². The van der Waals surface area contributed by atoms with Gasteiger partial charge in [-0.05, 0) is 54.9 Å². The number of carbonyl (C=O) groups excluding carboxylic acids is 2. The van der Waals surface area contributed by atoms with Crippen LogP contribution in [0.4, 0.5) is 0 Å². The van der Waals surface area contributed by atoms with E-state index in [1.165, 1.54) is 11.1 Å². The van der Waals surface area contributed by atoms with Crippen LogP contribution in [0.3, 0.4) is 0 Å². The fraction of sp³-hybridized carbons (Fsp3) is 0.571. The highest BCUT2D eigenvalue weighted by Crippen LogP contribution is 2.46. The molecule has 0 radical (unpaired) electrons. The number of fused-ring (bicyclic) bond motifs is 2. The minimum Gasteiger partial charge on any atom is -0.462 e. The molecule has 6 rings (SSSR count). The van der Waals surface area contributed by atoms with Crippen molar-refractivity contribution in [3.05, 3.63) is 96.1 Å². The number of carbonyl (C=O) groups is 2. The Bertz CT molecular complexity index is 1650. The average Bonchev–Trinajstić information content (AvgIpc) is 3.86. The van der Waals surface area contributed by atoms with Crippen molar-refractivity contribution < 1.29 is 37.9 Å². The van der Waals surface area contributed by atoms with Crippen LogP contribution in [-0.4, -0.2) is 74.7 Å². The largest absolute Gasteiger partial charge is 0.462 e. The lowest BCUT2D eigenvalue weighted by molar-refractivity contribution is -0.142.